The van der Waals surface area contributed by atoms with E-state index < -0.39 is 5.17 Å². The minimum atomic E-state index is -2.67. The van der Waals surface area contributed by atoms with Crippen molar-refractivity contribution in [2.24, 2.45) is 0 Å². The van der Waals surface area contributed by atoms with Gasteiger partial charge in [-0.15, -0.1) is 0 Å². The molecule has 0 heterocycles. The van der Waals surface area contributed by atoms with Crippen LogP contribution in [0.15, 0.2) is 72.8 Å². The van der Waals surface area contributed by atoms with Gasteiger partial charge in [-0.3, -0.25) is 0 Å². The Kier molecular flexibility index (Phi) is 6.09. The van der Waals surface area contributed by atoms with Gasteiger partial charge in [-0.05, 0) is 0 Å². The Morgan fingerprint density at radius 2 is 0.731 bits per heavy atom. The zero-order chi connectivity index (χ0) is 18.6. The maximum absolute atomic E-state index is 6.20. The molecule has 0 radical (unpaired) electrons. The molecule has 0 aliphatic carbocycles. The predicted molar refractivity (Wildman–Crippen MR) is 108 cm³/mol. The van der Waals surface area contributed by atoms with E-state index in [1.807, 2.05) is 93.6 Å². The molecule has 3 rings (SSSR count). The summed E-state index contributed by atoms with van der Waals surface area (Å²) in [4.78, 5) is 0. The third kappa shape index (κ3) is 5.39. The van der Waals surface area contributed by atoms with E-state index in [1.165, 1.54) is 16.7 Å². The average Bonchev–Trinajstić information content (AvgIpc) is 2.61. The molecule has 0 atom stereocenters. The normalized spacial score (nSPS) is 11.0. The van der Waals surface area contributed by atoms with Gasteiger partial charge in [0.05, 0.1) is 0 Å². The number of benzene rings is 3. The Morgan fingerprint density at radius 3 is 0.962 bits per heavy atom. The van der Waals surface area contributed by atoms with Gasteiger partial charge in [0.15, 0.2) is 0 Å². The molecular weight excluding hydrogens is 459 g/mol. The van der Waals surface area contributed by atoms with E-state index in [0.717, 1.165) is 17.2 Å². The predicted octanol–water partition coefficient (Wildman–Crippen LogP) is 5.99. The van der Waals surface area contributed by atoms with Crippen molar-refractivity contribution in [1.82, 2.24) is 0 Å². The van der Waals surface area contributed by atoms with E-state index in [0.29, 0.717) is 0 Å². The third-order valence-corrected chi connectivity index (χ3v) is 6.93. The first-order valence-electron chi connectivity index (χ1n) is 8.31. The number of hydrogen-bond donors (Lipinski definition) is 0. The Morgan fingerprint density at radius 1 is 0.500 bits per heavy atom. The Bertz CT molecular complexity index is 781. The van der Waals surface area contributed by atoms with E-state index in [-0.39, 0.29) is 0 Å². The van der Waals surface area contributed by atoms with Gasteiger partial charge in [-0.25, -0.2) is 0 Å². The molecule has 3 aromatic rings. The summed E-state index contributed by atoms with van der Waals surface area (Å²) in [6.45, 7) is 6.14. The summed E-state index contributed by atoms with van der Waals surface area (Å²) < 4.78 is 18.6. The monoisotopic (exact) mass is 482 g/mol. The molecule has 0 bridgehead atoms. The molecule has 0 amide bonds. The summed E-state index contributed by atoms with van der Waals surface area (Å²) in [6, 6.07) is 23.7. The van der Waals surface area contributed by atoms with Crippen molar-refractivity contribution in [3.8, 4) is 17.2 Å². The van der Waals surface area contributed by atoms with Crippen molar-refractivity contribution in [3.63, 3.8) is 0 Å². The topological polar surface area (TPSA) is 27.7 Å². The van der Waals surface area contributed by atoms with E-state index in [4.69, 9.17) is 13.6 Å². The summed E-state index contributed by atoms with van der Waals surface area (Å²) in [5.74, 6) is 2.19. The summed E-state index contributed by atoms with van der Waals surface area (Å²) in [7, 11) is 0. The van der Waals surface area contributed by atoms with Gasteiger partial charge >= 0.3 is 167 Å². The standard InChI is InChI=1S/C21H21O3PTe/c1-16-4-10-19(11-5-16)22-25(26,23-20-12-6-17(2)7-13-20)24-21-14-8-18(3)9-15-21/h4-15H,1-3H3. The minimum absolute atomic E-state index is 0.730. The second-order valence-electron chi connectivity index (χ2n) is 6.16. The van der Waals surface area contributed by atoms with Crippen molar-refractivity contribution in [2.45, 2.75) is 20.8 Å². The molecule has 5 heteroatoms. The van der Waals surface area contributed by atoms with Crippen LogP contribution in [0.3, 0.4) is 0 Å². The average molecular weight is 480 g/mol. The summed E-state index contributed by atoms with van der Waals surface area (Å²) in [5.41, 5.74) is 3.53. The summed E-state index contributed by atoms with van der Waals surface area (Å²) in [6.07, 6.45) is 0. The van der Waals surface area contributed by atoms with Crippen LogP contribution in [-0.2, 0) is 0 Å². The first-order chi connectivity index (χ1) is 12.4. The van der Waals surface area contributed by atoms with Crippen LogP contribution < -0.4 is 13.6 Å². The molecule has 0 fully saturated rings. The fourth-order valence-corrected chi connectivity index (χ4v) is 5.70. The van der Waals surface area contributed by atoms with Crippen LogP contribution in [0.2, 0.25) is 0 Å². The van der Waals surface area contributed by atoms with Crippen molar-refractivity contribution in [1.29, 1.82) is 0 Å². The second kappa shape index (κ2) is 8.31. The van der Waals surface area contributed by atoms with E-state index in [1.54, 1.807) is 21.2 Å². The quantitative estimate of drug-likeness (QED) is 0.321. The molecule has 134 valence electrons. The molecule has 3 aromatic carbocycles. The van der Waals surface area contributed by atoms with Crippen LogP contribution in [0.5, 0.6) is 17.2 Å². The zero-order valence-electron chi connectivity index (χ0n) is 15.0. The molecule has 0 saturated heterocycles. The van der Waals surface area contributed by atoms with Crippen LogP contribution in [0.4, 0.5) is 0 Å². The van der Waals surface area contributed by atoms with Gasteiger partial charge in [0.1, 0.15) is 0 Å². The van der Waals surface area contributed by atoms with Crippen LogP contribution >= 0.6 is 5.17 Å². The van der Waals surface area contributed by atoms with Crippen LogP contribution in [0, 0.1) is 20.8 Å². The molecule has 0 spiro atoms. The molecule has 0 unspecified atom stereocenters. The van der Waals surface area contributed by atoms with Crippen molar-refractivity contribution in [3.05, 3.63) is 89.5 Å². The zero-order valence-corrected chi connectivity index (χ0v) is 18.2. The van der Waals surface area contributed by atoms with E-state index in [9.17, 15) is 0 Å². The third-order valence-electron chi connectivity index (χ3n) is 3.71. The van der Waals surface area contributed by atoms with Crippen molar-refractivity contribution in [2.75, 3.05) is 0 Å². The van der Waals surface area contributed by atoms with Gasteiger partial charge in [0.2, 0.25) is 0 Å². The molecule has 0 aliphatic rings. The van der Waals surface area contributed by atoms with Crippen LogP contribution in [-0.4, -0.2) is 21.2 Å². The Labute approximate surface area is 167 Å². The van der Waals surface area contributed by atoms with E-state index >= 15 is 0 Å². The molecule has 0 aliphatic heterocycles. The second-order valence-corrected chi connectivity index (χ2v) is 11.4. The fourth-order valence-electron chi connectivity index (χ4n) is 2.24. The first-order valence-corrected chi connectivity index (χ1v) is 12.9. The van der Waals surface area contributed by atoms with Gasteiger partial charge < -0.3 is 0 Å². The first kappa shape index (κ1) is 19.1. The molecular formula is C21H21O3PTe. The van der Waals surface area contributed by atoms with E-state index in [2.05, 4.69) is 0 Å². The van der Waals surface area contributed by atoms with Gasteiger partial charge in [0, 0.05) is 0 Å². The van der Waals surface area contributed by atoms with Crippen molar-refractivity contribution >= 4 is 26.4 Å². The van der Waals surface area contributed by atoms with Gasteiger partial charge in [-0.2, -0.15) is 0 Å². The Hall–Kier alpha value is -1.72. The molecule has 0 aromatic heterocycles. The van der Waals surface area contributed by atoms with Crippen LogP contribution in [0.25, 0.3) is 0 Å². The fraction of sp³-hybridized carbons (Fsp3) is 0.143. The van der Waals surface area contributed by atoms with Crippen LogP contribution in [0.1, 0.15) is 16.7 Å². The van der Waals surface area contributed by atoms with Crippen molar-refractivity contribution < 1.29 is 13.6 Å². The van der Waals surface area contributed by atoms with Gasteiger partial charge in [-0.1, -0.05) is 0 Å². The molecule has 3 nitrogen and oxygen atoms in total. The number of rotatable bonds is 6. The van der Waals surface area contributed by atoms with Gasteiger partial charge in [0.25, 0.3) is 0 Å². The number of aryl methyl sites for hydroxylation is 3. The molecule has 0 saturated carbocycles. The Balaban J connectivity index is 1.88. The molecule has 26 heavy (non-hydrogen) atoms. The summed E-state index contributed by atoms with van der Waals surface area (Å²) in [5, 5.41) is -2.67. The SMILES string of the molecule is Cc1ccc(OP(=[Te])(Oc2ccc(C)cc2)Oc2ccc(C)cc2)cc1. The summed E-state index contributed by atoms with van der Waals surface area (Å²) >= 11 is 1.79. The number of hydrogen-bond acceptors (Lipinski definition) is 3. The maximum atomic E-state index is 6.20. The molecule has 0 N–H and O–H groups in total.